The van der Waals surface area contributed by atoms with Gasteiger partial charge in [0, 0.05) is 43.1 Å². The second kappa shape index (κ2) is 12.5. The number of anilines is 3. The van der Waals surface area contributed by atoms with E-state index in [1.807, 2.05) is 7.05 Å². The molecule has 4 aliphatic rings. The first kappa shape index (κ1) is 32.6. The first-order valence-corrected chi connectivity index (χ1v) is 17.9. The summed E-state index contributed by atoms with van der Waals surface area (Å²) in [5, 5.41) is 6.67. The molecule has 2 saturated heterocycles. The second-order valence-electron chi connectivity index (χ2n) is 15.9. The number of rotatable bonds is 8. The maximum absolute atomic E-state index is 13.5. The number of carbonyl (C=O) groups excluding carboxylic acids is 2. The van der Waals surface area contributed by atoms with Crippen LogP contribution in [0.1, 0.15) is 110 Å². The molecule has 7 rings (SSSR count). The zero-order chi connectivity index (χ0) is 33.8. The Bertz CT molecular complexity index is 1680. The van der Waals surface area contributed by atoms with Gasteiger partial charge in [-0.1, -0.05) is 39.3 Å². The molecule has 4 N–H and O–H groups in total. The Kier molecular flexibility index (Phi) is 8.50. The van der Waals surface area contributed by atoms with Gasteiger partial charge >= 0.3 is 0 Å². The van der Waals surface area contributed by atoms with Crippen molar-refractivity contribution < 1.29 is 9.59 Å². The Hall–Kier alpha value is -3.92. The minimum Gasteiger partial charge on any atom is -0.364 e. The molecule has 10 nitrogen and oxygen atoms in total. The average molecular weight is 653 g/mol. The number of amides is 2. The molecule has 1 saturated carbocycles. The van der Waals surface area contributed by atoms with E-state index in [2.05, 4.69) is 88.0 Å². The van der Waals surface area contributed by atoms with Gasteiger partial charge in [-0.15, -0.1) is 0 Å². The van der Waals surface area contributed by atoms with E-state index in [1.165, 1.54) is 36.1 Å². The summed E-state index contributed by atoms with van der Waals surface area (Å²) in [7, 11) is 2.00. The van der Waals surface area contributed by atoms with Gasteiger partial charge in [-0.05, 0) is 112 Å². The highest BCUT2D eigenvalue weighted by molar-refractivity contribution is 5.96. The summed E-state index contributed by atoms with van der Waals surface area (Å²) >= 11 is 0. The number of piperidine rings is 2. The van der Waals surface area contributed by atoms with Crippen LogP contribution in [0.4, 0.5) is 17.3 Å². The lowest BCUT2D eigenvalue weighted by molar-refractivity contribution is 0.0773. The van der Waals surface area contributed by atoms with Crippen LogP contribution in [0.5, 0.6) is 0 Å². The van der Waals surface area contributed by atoms with E-state index in [-0.39, 0.29) is 34.5 Å². The van der Waals surface area contributed by atoms with Crippen LogP contribution in [0.2, 0.25) is 0 Å². The third-order valence-corrected chi connectivity index (χ3v) is 11.9. The van der Waals surface area contributed by atoms with E-state index in [1.54, 1.807) is 6.20 Å². The van der Waals surface area contributed by atoms with Crippen LogP contribution in [0.25, 0.3) is 0 Å². The highest BCUT2D eigenvalue weighted by Gasteiger charge is 2.37. The van der Waals surface area contributed by atoms with Crippen molar-refractivity contribution in [2.75, 3.05) is 29.9 Å². The number of carbonyl (C=O) groups is 2. The fourth-order valence-electron chi connectivity index (χ4n) is 8.54. The molecule has 0 spiro atoms. The van der Waals surface area contributed by atoms with Crippen LogP contribution in [-0.2, 0) is 25.3 Å². The number of nitrogens with zero attached hydrogens (tertiary/aromatic N) is 5. The fourth-order valence-corrected chi connectivity index (χ4v) is 8.54. The summed E-state index contributed by atoms with van der Waals surface area (Å²) in [5.74, 6) is 0.319. The number of primary amides is 1. The fraction of sp³-hybridized carbons (Fsp3) is 0.579. The normalized spacial score (nSPS) is 23.7. The van der Waals surface area contributed by atoms with Crippen LogP contribution < -0.4 is 21.3 Å². The number of fused-ring (bicyclic) bond motifs is 1. The summed E-state index contributed by atoms with van der Waals surface area (Å²) in [6.45, 7) is 12.2. The smallest absolute Gasteiger partial charge is 0.271 e. The van der Waals surface area contributed by atoms with E-state index >= 15 is 0 Å². The van der Waals surface area contributed by atoms with Crippen molar-refractivity contribution in [2.45, 2.75) is 109 Å². The van der Waals surface area contributed by atoms with E-state index in [0.717, 1.165) is 75.6 Å². The van der Waals surface area contributed by atoms with Crippen molar-refractivity contribution in [3.05, 3.63) is 64.7 Å². The molecule has 2 amide bonds. The first-order chi connectivity index (χ1) is 22.9. The van der Waals surface area contributed by atoms with Crippen LogP contribution in [0, 0.1) is 5.41 Å². The van der Waals surface area contributed by atoms with Crippen LogP contribution in [0.3, 0.4) is 0 Å². The lowest BCUT2D eigenvalue weighted by Crippen LogP contribution is -2.54. The molecule has 2 aliphatic carbocycles. The Morgan fingerprint density at radius 1 is 0.979 bits per heavy atom. The maximum atomic E-state index is 13.5. The molecule has 2 aromatic heterocycles. The number of aromatic nitrogens is 3. The Morgan fingerprint density at radius 3 is 2.35 bits per heavy atom. The minimum atomic E-state index is -0.631. The van der Waals surface area contributed by atoms with Gasteiger partial charge < -0.3 is 30.7 Å². The van der Waals surface area contributed by atoms with Crippen molar-refractivity contribution in [2.24, 2.45) is 18.2 Å². The quantitative estimate of drug-likeness (QED) is 0.295. The van der Waals surface area contributed by atoms with E-state index in [9.17, 15) is 9.59 Å². The molecule has 48 heavy (non-hydrogen) atoms. The Morgan fingerprint density at radius 2 is 1.71 bits per heavy atom. The van der Waals surface area contributed by atoms with Gasteiger partial charge in [-0.25, -0.2) is 9.97 Å². The van der Waals surface area contributed by atoms with E-state index in [0.29, 0.717) is 11.6 Å². The lowest BCUT2D eigenvalue weighted by Gasteiger charge is -2.45. The van der Waals surface area contributed by atoms with Gasteiger partial charge in [0.1, 0.15) is 11.5 Å². The summed E-state index contributed by atoms with van der Waals surface area (Å²) in [6, 6.07) is 11.3. The summed E-state index contributed by atoms with van der Waals surface area (Å²) in [6.07, 6.45) is 11.8. The molecule has 0 bridgehead atoms. The average Bonchev–Trinajstić information content (AvgIpc) is 3.50. The minimum absolute atomic E-state index is 0.0222. The molecule has 2 atom stereocenters. The van der Waals surface area contributed by atoms with Crippen molar-refractivity contribution in [3.8, 4) is 0 Å². The summed E-state index contributed by atoms with van der Waals surface area (Å²) in [4.78, 5) is 40.1. The van der Waals surface area contributed by atoms with Crippen molar-refractivity contribution in [3.63, 3.8) is 0 Å². The van der Waals surface area contributed by atoms with Gasteiger partial charge in [-0.3, -0.25) is 9.59 Å². The number of hydrogen-bond acceptors (Lipinski definition) is 7. The number of hydrogen-bond donors (Lipinski definition) is 3. The molecular weight excluding hydrogens is 600 g/mol. The molecule has 0 unspecified atom stereocenters. The number of benzene rings is 1. The third-order valence-electron chi connectivity index (χ3n) is 11.9. The zero-order valence-corrected chi connectivity index (χ0v) is 29.3. The molecule has 10 heteroatoms. The SMILES string of the molecule is C[C@@H]1[C@H](NC(=O)c2cc3c(n2C)CC(C)(C)C3)CCCN1c1cnc(C(N)=O)c(Nc2ccc(C3(C)CCN(C4CCC4)CC3)cc2)n1. The zero-order valence-electron chi connectivity index (χ0n) is 29.3. The van der Waals surface area contributed by atoms with Crippen molar-refractivity contribution >= 4 is 29.1 Å². The van der Waals surface area contributed by atoms with Crippen LogP contribution >= 0.6 is 0 Å². The van der Waals surface area contributed by atoms with Crippen LogP contribution in [0.15, 0.2) is 36.5 Å². The largest absolute Gasteiger partial charge is 0.364 e. The predicted molar refractivity (Wildman–Crippen MR) is 190 cm³/mol. The van der Waals surface area contributed by atoms with Gasteiger partial charge in [0.15, 0.2) is 11.5 Å². The first-order valence-electron chi connectivity index (χ1n) is 17.9. The van der Waals surface area contributed by atoms with Crippen LogP contribution in [-0.4, -0.2) is 69.0 Å². The van der Waals surface area contributed by atoms with E-state index < -0.39 is 5.91 Å². The number of nitrogens with two attached hydrogens (primary N) is 1. The summed E-state index contributed by atoms with van der Waals surface area (Å²) in [5.41, 5.74) is 11.7. The third kappa shape index (κ3) is 6.19. The topological polar surface area (TPSA) is 121 Å². The Labute approximate surface area is 284 Å². The molecule has 3 aromatic rings. The van der Waals surface area contributed by atoms with Gasteiger partial charge in [0.05, 0.1) is 6.20 Å². The van der Waals surface area contributed by atoms with E-state index in [4.69, 9.17) is 10.7 Å². The van der Waals surface area contributed by atoms with Gasteiger partial charge in [0.25, 0.3) is 11.8 Å². The van der Waals surface area contributed by atoms with Crippen molar-refractivity contribution in [1.82, 2.24) is 24.8 Å². The number of nitrogens with one attached hydrogen (secondary N) is 2. The molecule has 4 heterocycles. The Balaban J connectivity index is 1.04. The molecule has 1 aromatic carbocycles. The van der Waals surface area contributed by atoms with Gasteiger partial charge in [0.2, 0.25) is 0 Å². The van der Waals surface area contributed by atoms with Gasteiger partial charge in [-0.2, -0.15) is 0 Å². The van der Waals surface area contributed by atoms with Crippen molar-refractivity contribution in [1.29, 1.82) is 0 Å². The monoisotopic (exact) mass is 652 g/mol. The predicted octanol–water partition coefficient (Wildman–Crippen LogP) is 5.48. The number of likely N-dealkylation sites (tertiary alicyclic amines) is 1. The highest BCUT2D eigenvalue weighted by atomic mass is 16.2. The molecule has 0 radical (unpaired) electrons. The standard InChI is InChI=1S/C38H52N8O2/c1-24-29(42-36(48)30-20-25-21-37(2,3)22-31(25)44(30)5)10-7-17-46(24)32-23-40-33(34(39)47)35(43-32)41-27-13-11-26(12-14-27)38(4)15-18-45(19-16-38)28-8-6-9-28/h11-14,20,23-24,28-29H,6-10,15-19,21-22H2,1-5H3,(H2,39,47)(H,41,43)(H,42,48)/t24-,29-/m1/s1. The highest BCUT2D eigenvalue weighted by Crippen LogP contribution is 2.39. The second-order valence-corrected chi connectivity index (χ2v) is 15.9. The maximum Gasteiger partial charge on any atom is 0.271 e. The molecular formula is C38H52N8O2. The molecule has 3 fully saturated rings. The molecule has 2 aliphatic heterocycles. The molecule has 256 valence electrons. The summed E-state index contributed by atoms with van der Waals surface area (Å²) < 4.78 is 2.07. The lowest BCUT2D eigenvalue weighted by atomic mass is 9.73.